The second kappa shape index (κ2) is 7.68. The second-order valence-corrected chi connectivity index (χ2v) is 5.32. The number of hydrogen-bond donors (Lipinski definition) is 0. The largest absolute Gasteiger partial charge is 0.485 e. The zero-order valence-electron chi connectivity index (χ0n) is 13.3. The van der Waals surface area contributed by atoms with Gasteiger partial charge in [0.1, 0.15) is 5.75 Å². The van der Waals surface area contributed by atoms with E-state index in [-0.39, 0.29) is 23.7 Å². The Labute approximate surface area is 140 Å². The number of carbonyl (C=O) groups is 1. The summed E-state index contributed by atoms with van der Waals surface area (Å²) in [5.74, 6) is -3.55. The lowest BCUT2D eigenvalue weighted by molar-refractivity contribution is -0.116. The van der Waals surface area contributed by atoms with Gasteiger partial charge in [0.2, 0.25) is 0 Å². The molecule has 0 spiro atoms. The summed E-state index contributed by atoms with van der Waals surface area (Å²) < 4.78 is 32.8. The van der Waals surface area contributed by atoms with Crippen LogP contribution in [0.3, 0.4) is 0 Å². The van der Waals surface area contributed by atoms with Crippen LogP contribution in [0.4, 0.5) is 8.78 Å². The summed E-state index contributed by atoms with van der Waals surface area (Å²) >= 11 is 0. The minimum absolute atomic E-state index is 0.0283. The average molecular weight is 328 g/mol. The first kappa shape index (κ1) is 17.6. The van der Waals surface area contributed by atoms with Gasteiger partial charge in [0.05, 0.1) is 5.56 Å². The standard InChI is InChI=1S/C20H18F2O2/c1-3-20(21,22)18-6-4-5-7-19(18)24-14-17(23)13-12-16-10-8-15(2)9-11-16/h3-13H,1,14H2,2H3/b13-12+. The summed E-state index contributed by atoms with van der Waals surface area (Å²) in [5, 5.41) is 0. The van der Waals surface area contributed by atoms with Crippen LogP contribution in [0.1, 0.15) is 16.7 Å². The molecule has 0 N–H and O–H groups in total. The number of rotatable bonds is 7. The molecule has 0 heterocycles. The summed E-state index contributed by atoms with van der Waals surface area (Å²) in [6.07, 6.45) is 3.59. The van der Waals surface area contributed by atoms with E-state index in [0.717, 1.165) is 11.1 Å². The van der Waals surface area contributed by atoms with E-state index in [0.29, 0.717) is 6.08 Å². The Morgan fingerprint density at radius 1 is 1.17 bits per heavy atom. The molecule has 2 aromatic carbocycles. The molecule has 124 valence electrons. The van der Waals surface area contributed by atoms with E-state index in [2.05, 4.69) is 6.58 Å². The lowest BCUT2D eigenvalue weighted by Gasteiger charge is -2.16. The van der Waals surface area contributed by atoms with Gasteiger partial charge in [0.15, 0.2) is 12.4 Å². The molecule has 0 aliphatic rings. The number of aryl methyl sites for hydroxylation is 1. The molecule has 24 heavy (non-hydrogen) atoms. The predicted octanol–water partition coefficient (Wildman–Crippen LogP) is 4.93. The monoisotopic (exact) mass is 328 g/mol. The maximum absolute atomic E-state index is 13.8. The number of allylic oxidation sites excluding steroid dienone is 1. The fourth-order valence-electron chi connectivity index (χ4n) is 2.04. The van der Waals surface area contributed by atoms with Gasteiger partial charge in [-0.3, -0.25) is 4.79 Å². The maximum atomic E-state index is 13.8. The lowest BCUT2D eigenvalue weighted by Crippen LogP contribution is -2.14. The topological polar surface area (TPSA) is 26.3 Å². The highest BCUT2D eigenvalue weighted by atomic mass is 19.3. The highest BCUT2D eigenvalue weighted by Gasteiger charge is 2.30. The Morgan fingerprint density at radius 3 is 2.50 bits per heavy atom. The molecule has 2 rings (SSSR count). The van der Waals surface area contributed by atoms with Crippen molar-refractivity contribution in [2.45, 2.75) is 12.8 Å². The van der Waals surface area contributed by atoms with Gasteiger partial charge in [-0.25, -0.2) is 0 Å². The van der Waals surface area contributed by atoms with Crippen molar-refractivity contribution in [1.82, 2.24) is 0 Å². The molecule has 0 saturated heterocycles. The highest BCUT2D eigenvalue weighted by molar-refractivity contribution is 5.94. The number of hydrogen-bond acceptors (Lipinski definition) is 2. The molecular formula is C20H18F2O2. The van der Waals surface area contributed by atoms with Gasteiger partial charge in [-0.05, 0) is 36.8 Å². The van der Waals surface area contributed by atoms with Gasteiger partial charge in [0.25, 0.3) is 5.92 Å². The SMILES string of the molecule is C=CC(F)(F)c1ccccc1OCC(=O)/C=C/c1ccc(C)cc1. The van der Waals surface area contributed by atoms with Crippen LogP contribution >= 0.6 is 0 Å². The fourth-order valence-corrected chi connectivity index (χ4v) is 2.04. The van der Waals surface area contributed by atoms with Gasteiger partial charge in [-0.1, -0.05) is 54.6 Å². The number of alkyl halides is 2. The lowest BCUT2D eigenvalue weighted by atomic mass is 10.1. The van der Waals surface area contributed by atoms with Crippen LogP contribution in [-0.2, 0) is 10.7 Å². The molecule has 0 atom stereocenters. The van der Waals surface area contributed by atoms with E-state index >= 15 is 0 Å². The molecule has 0 aliphatic carbocycles. The summed E-state index contributed by atoms with van der Waals surface area (Å²) in [4.78, 5) is 11.9. The summed E-state index contributed by atoms with van der Waals surface area (Å²) in [7, 11) is 0. The Kier molecular flexibility index (Phi) is 5.64. The van der Waals surface area contributed by atoms with Crippen LogP contribution < -0.4 is 4.74 Å². The van der Waals surface area contributed by atoms with E-state index in [1.165, 1.54) is 24.3 Å². The fraction of sp³-hybridized carbons (Fsp3) is 0.150. The van der Waals surface area contributed by atoms with Crippen LogP contribution in [-0.4, -0.2) is 12.4 Å². The van der Waals surface area contributed by atoms with Crippen molar-refractivity contribution >= 4 is 11.9 Å². The van der Waals surface area contributed by atoms with E-state index in [4.69, 9.17) is 4.74 Å². The molecule has 2 nitrogen and oxygen atoms in total. The Morgan fingerprint density at radius 2 is 1.83 bits per heavy atom. The Bertz CT molecular complexity index is 746. The van der Waals surface area contributed by atoms with Crippen molar-refractivity contribution < 1.29 is 18.3 Å². The summed E-state index contributed by atoms with van der Waals surface area (Å²) in [6, 6.07) is 13.4. The predicted molar refractivity (Wildman–Crippen MR) is 91.2 cm³/mol. The first-order valence-electron chi connectivity index (χ1n) is 7.43. The van der Waals surface area contributed by atoms with Gasteiger partial charge >= 0.3 is 0 Å². The van der Waals surface area contributed by atoms with Crippen molar-refractivity contribution in [3.8, 4) is 5.75 Å². The number of ketones is 1. The third-order valence-electron chi connectivity index (χ3n) is 3.41. The number of halogens is 2. The third-order valence-corrected chi connectivity index (χ3v) is 3.41. The first-order chi connectivity index (χ1) is 11.4. The van der Waals surface area contributed by atoms with Crippen LogP contribution in [0.5, 0.6) is 5.75 Å². The zero-order chi connectivity index (χ0) is 17.6. The van der Waals surface area contributed by atoms with E-state index in [1.54, 1.807) is 12.1 Å². The minimum Gasteiger partial charge on any atom is -0.485 e. The van der Waals surface area contributed by atoms with Crippen molar-refractivity contribution in [3.05, 3.63) is 84.0 Å². The molecular weight excluding hydrogens is 310 g/mol. The smallest absolute Gasteiger partial charge is 0.294 e. The Hall–Kier alpha value is -2.75. The van der Waals surface area contributed by atoms with Gasteiger partial charge in [-0.2, -0.15) is 8.78 Å². The number of benzene rings is 2. The Balaban J connectivity index is 2.02. The van der Waals surface area contributed by atoms with Crippen molar-refractivity contribution in [2.24, 2.45) is 0 Å². The van der Waals surface area contributed by atoms with E-state index in [1.807, 2.05) is 31.2 Å². The van der Waals surface area contributed by atoms with Crippen LogP contribution in [0.25, 0.3) is 6.08 Å². The molecule has 4 heteroatoms. The molecule has 0 amide bonds. The highest BCUT2D eigenvalue weighted by Crippen LogP contribution is 2.35. The average Bonchev–Trinajstić information content (AvgIpc) is 2.59. The maximum Gasteiger partial charge on any atom is 0.294 e. The first-order valence-corrected chi connectivity index (χ1v) is 7.43. The van der Waals surface area contributed by atoms with Crippen LogP contribution in [0, 0.1) is 6.92 Å². The van der Waals surface area contributed by atoms with Crippen LogP contribution in [0.2, 0.25) is 0 Å². The molecule has 2 aromatic rings. The van der Waals surface area contributed by atoms with Gasteiger partial charge in [0, 0.05) is 0 Å². The van der Waals surface area contributed by atoms with E-state index < -0.39 is 5.92 Å². The molecule has 0 aromatic heterocycles. The van der Waals surface area contributed by atoms with Gasteiger partial charge < -0.3 is 4.74 Å². The zero-order valence-corrected chi connectivity index (χ0v) is 13.3. The molecule has 0 unspecified atom stereocenters. The van der Waals surface area contributed by atoms with Gasteiger partial charge in [-0.15, -0.1) is 0 Å². The molecule has 0 saturated carbocycles. The quantitative estimate of drug-likeness (QED) is 0.532. The molecule has 0 radical (unpaired) electrons. The molecule has 0 bridgehead atoms. The summed E-state index contributed by atoms with van der Waals surface area (Å²) in [5.41, 5.74) is 1.70. The minimum atomic E-state index is -3.21. The summed E-state index contributed by atoms with van der Waals surface area (Å²) in [6.45, 7) is 4.79. The molecule has 0 aliphatic heterocycles. The number of ether oxygens (including phenoxy) is 1. The third kappa shape index (κ3) is 4.62. The van der Waals surface area contributed by atoms with E-state index in [9.17, 15) is 13.6 Å². The van der Waals surface area contributed by atoms with Crippen LogP contribution in [0.15, 0.2) is 67.3 Å². The number of para-hydroxylation sites is 1. The van der Waals surface area contributed by atoms with Crippen molar-refractivity contribution in [3.63, 3.8) is 0 Å². The molecule has 0 fully saturated rings. The van der Waals surface area contributed by atoms with Crippen molar-refractivity contribution in [1.29, 1.82) is 0 Å². The normalized spacial score (nSPS) is 11.5. The van der Waals surface area contributed by atoms with Crippen molar-refractivity contribution in [2.75, 3.05) is 6.61 Å². The number of carbonyl (C=O) groups excluding carboxylic acids is 1. The second-order valence-electron chi connectivity index (χ2n) is 5.32.